The van der Waals surface area contributed by atoms with E-state index in [1.54, 1.807) is 0 Å². The standard InChI is InChI=1S/C14H21N/c1-11-3-6-14(12(2)9-11)10-15-8-7-13-4-5-13/h3,6,9,13,15H,4-5,7-8,10H2,1-2H3. The van der Waals surface area contributed by atoms with Crippen LogP contribution in [0.5, 0.6) is 0 Å². The minimum Gasteiger partial charge on any atom is -0.313 e. The highest BCUT2D eigenvalue weighted by Gasteiger charge is 2.19. The highest BCUT2D eigenvalue weighted by Crippen LogP contribution is 2.31. The zero-order chi connectivity index (χ0) is 10.7. The van der Waals surface area contributed by atoms with Gasteiger partial charge < -0.3 is 5.32 Å². The van der Waals surface area contributed by atoms with Crippen LogP contribution in [0.1, 0.15) is 36.0 Å². The summed E-state index contributed by atoms with van der Waals surface area (Å²) >= 11 is 0. The van der Waals surface area contributed by atoms with E-state index in [9.17, 15) is 0 Å². The molecule has 0 saturated heterocycles. The molecule has 1 fully saturated rings. The summed E-state index contributed by atoms with van der Waals surface area (Å²) in [6.07, 6.45) is 4.29. The van der Waals surface area contributed by atoms with Crippen LogP contribution in [0.3, 0.4) is 0 Å². The normalized spacial score (nSPS) is 15.6. The number of benzene rings is 1. The van der Waals surface area contributed by atoms with Crippen molar-refractivity contribution in [2.45, 2.75) is 39.7 Å². The van der Waals surface area contributed by atoms with E-state index in [4.69, 9.17) is 0 Å². The predicted molar refractivity (Wildman–Crippen MR) is 65.0 cm³/mol. The van der Waals surface area contributed by atoms with Gasteiger partial charge >= 0.3 is 0 Å². The van der Waals surface area contributed by atoms with E-state index in [0.29, 0.717) is 0 Å². The first-order chi connectivity index (χ1) is 7.25. The van der Waals surface area contributed by atoms with E-state index in [-0.39, 0.29) is 0 Å². The minimum atomic E-state index is 1.03. The lowest BCUT2D eigenvalue weighted by Gasteiger charge is -2.08. The fourth-order valence-corrected chi connectivity index (χ4v) is 1.98. The van der Waals surface area contributed by atoms with Crippen LogP contribution in [0.15, 0.2) is 18.2 Å². The van der Waals surface area contributed by atoms with E-state index in [1.807, 2.05) is 0 Å². The SMILES string of the molecule is Cc1ccc(CNCCC2CC2)c(C)c1. The van der Waals surface area contributed by atoms with Crippen molar-refractivity contribution < 1.29 is 0 Å². The van der Waals surface area contributed by atoms with Crippen LogP contribution in [0.25, 0.3) is 0 Å². The van der Waals surface area contributed by atoms with Gasteiger partial charge in [-0.15, -0.1) is 0 Å². The van der Waals surface area contributed by atoms with Crippen LogP contribution in [0.2, 0.25) is 0 Å². The maximum atomic E-state index is 3.53. The van der Waals surface area contributed by atoms with Crippen molar-refractivity contribution in [2.75, 3.05) is 6.54 Å². The lowest BCUT2D eigenvalue weighted by Crippen LogP contribution is -2.15. The van der Waals surface area contributed by atoms with Gasteiger partial charge in [0.05, 0.1) is 0 Å². The molecule has 1 nitrogen and oxygen atoms in total. The fraction of sp³-hybridized carbons (Fsp3) is 0.571. The van der Waals surface area contributed by atoms with E-state index in [0.717, 1.165) is 12.5 Å². The summed E-state index contributed by atoms with van der Waals surface area (Å²) in [6.45, 7) is 6.55. The summed E-state index contributed by atoms with van der Waals surface area (Å²) in [7, 11) is 0. The van der Waals surface area contributed by atoms with Gasteiger partial charge in [0.25, 0.3) is 0 Å². The number of hydrogen-bond donors (Lipinski definition) is 1. The summed E-state index contributed by atoms with van der Waals surface area (Å²) in [5.74, 6) is 1.04. The fourth-order valence-electron chi connectivity index (χ4n) is 1.98. The first-order valence-corrected chi connectivity index (χ1v) is 6.02. The summed E-state index contributed by atoms with van der Waals surface area (Å²) in [5.41, 5.74) is 4.21. The maximum absolute atomic E-state index is 3.53. The Balaban J connectivity index is 1.76. The maximum Gasteiger partial charge on any atom is 0.0208 e. The molecule has 0 aromatic heterocycles. The molecule has 0 radical (unpaired) electrons. The molecular weight excluding hydrogens is 182 g/mol. The second-order valence-corrected chi connectivity index (χ2v) is 4.84. The predicted octanol–water partition coefficient (Wildman–Crippen LogP) is 3.19. The first kappa shape index (κ1) is 10.7. The Hall–Kier alpha value is -0.820. The van der Waals surface area contributed by atoms with E-state index >= 15 is 0 Å². The number of nitrogens with one attached hydrogen (secondary N) is 1. The number of hydrogen-bond acceptors (Lipinski definition) is 1. The van der Waals surface area contributed by atoms with Gasteiger partial charge in [0, 0.05) is 6.54 Å². The van der Waals surface area contributed by atoms with Crippen molar-refractivity contribution in [2.24, 2.45) is 5.92 Å². The zero-order valence-corrected chi connectivity index (χ0v) is 9.84. The van der Waals surface area contributed by atoms with Gasteiger partial charge in [-0.3, -0.25) is 0 Å². The van der Waals surface area contributed by atoms with Gasteiger partial charge in [0.15, 0.2) is 0 Å². The molecule has 0 amide bonds. The third kappa shape index (κ3) is 3.35. The zero-order valence-electron chi connectivity index (χ0n) is 9.84. The molecule has 15 heavy (non-hydrogen) atoms. The van der Waals surface area contributed by atoms with Crippen molar-refractivity contribution in [3.05, 3.63) is 34.9 Å². The Morgan fingerprint density at radius 2 is 2.07 bits per heavy atom. The number of rotatable bonds is 5. The van der Waals surface area contributed by atoms with Crippen molar-refractivity contribution >= 4 is 0 Å². The molecule has 1 aliphatic carbocycles. The third-order valence-electron chi connectivity index (χ3n) is 3.24. The van der Waals surface area contributed by atoms with E-state index in [2.05, 4.69) is 37.4 Å². The summed E-state index contributed by atoms with van der Waals surface area (Å²) in [4.78, 5) is 0. The van der Waals surface area contributed by atoms with Gasteiger partial charge in [-0.25, -0.2) is 0 Å². The molecule has 1 aliphatic rings. The number of aryl methyl sites for hydroxylation is 2. The van der Waals surface area contributed by atoms with Gasteiger partial charge in [0.2, 0.25) is 0 Å². The Bertz CT molecular complexity index is 326. The Kier molecular flexibility index (Phi) is 3.42. The molecule has 0 bridgehead atoms. The molecule has 1 aromatic rings. The molecule has 1 saturated carbocycles. The molecule has 0 aliphatic heterocycles. The van der Waals surface area contributed by atoms with Crippen molar-refractivity contribution in [1.29, 1.82) is 0 Å². The molecule has 1 heteroatoms. The van der Waals surface area contributed by atoms with Crippen LogP contribution in [-0.2, 0) is 6.54 Å². The van der Waals surface area contributed by atoms with Crippen molar-refractivity contribution in [1.82, 2.24) is 5.32 Å². The van der Waals surface area contributed by atoms with Crippen LogP contribution >= 0.6 is 0 Å². The van der Waals surface area contributed by atoms with Gasteiger partial charge in [-0.05, 0) is 43.9 Å². The van der Waals surface area contributed by atoms with Crippen molar-refractivity contribution in [3.8, 4) is 0 Å². The Morgan fingerprint density at radius 1 is 1.27 bits per heavy atom. The lowest BCUT2D eigenvalue weighted by atomic mass is 10.1. The lowest BCUT2D eigenvalue weighted by molar-refractivity contribution is 0.612. The highest BCUT2D eigenvalue weighted by atomic mass is 14.8. The van der Waals surface area contributed by atoms with Crippen LogP contribution < -0.4 is 5.32 Å². The van der Waals surface area contributed by atoms with Crippen LogP contribution in [0.4, 0.5) is 0 Å². The Morgan fingerprint density at radius 3 is 2.73 bits per heavy atom. The smallest absolute Gasteiger partial charge is 0.0208 e. The summed E-state index contributed by atoms with van der Waals surface area (Å²) in [5, 5.41) is 3.53. The molecule has 0 heterocycles. The summed E-state index contributed by atoms with van der Waals surface area (Å²) < 4.78 is 0. The average molecular weight is 203 g/mol. The van der Waals surface area contributed by atoms with Gasteiger partial charge in [0.1, 0.15) is 0 Å². The summed E-state index contributed by atoms with van der Waals surface area (Å²) in [6, 6.07) is 6.71. The quantitative estimate of drug-likeness (QED) is 0.725. The largest absolute Gasteiger partial charge is 0.313 e. The van der Waals surface area contributed by atoms with Gasteiger partial charge in [-0.2, -0.15) is 0 Å². The second kappa shape index (κ2) is 4.80. The van der Waals surface area contributed by atoms with Crippen molar-refractivity contribution in [3.63, 3.8) is 0 Å². The van der Waals surface area contributed by atoms with E-state index in [1.165, 1.54) is 42.5 Å². The molecule has 0 spiro atoms. The van der Waals surface area contributed by atoms with E-state index < -0.39 is 0 Å². The molecular formula is C14H21N. The molecule has 2 rings (SSSR count). The van der Waals surface area contributed by atoms with Gasteiger partial charge in [-0.1, -0.05) is 36.6 Å². The first-order valence-electron chi connectivity index (χ1n) is 6.02. The Labute approximate surface area is 92.9 Å². The average Bonchev–Trinajstić information content (AvgIpc) is 2.99. The second-order valence-electron chi connectivity index (χ2n) is 4.84. The molecule has 82 valence electrons. The third-order valence-corrected chi connectivity index (χ3v) is 3.24. The molecule has 0 unspecified atom stereocenters. The van der Waals surface area contributed by atoms with Crippen LogP contribution in [0, 0.1) is 19.8 Å². The molecule has 1 aromatic carbocycles. The topological polar surface area (TPSA) is 12.0 Å². The molecule has 1 N–H and O–H groups in total. The molecule has 0 atom stereocenters. The highest BCUT2D eigenvalue weighted by molar-refractivity contribution is 5.30. The van der Waals surface area contributed by atoms with Crippen LogP contribution in [-0.4, -0.2) is 6.54 Å². The monoisotopic (exact) mass is 203 g/mol. The minimum absolute atomic E-state index is 1.03.